The first-order chi connectivity index (χ1) is 10.1. The Morgan fingerprint density at radius 1 is 1.38 bits per heavy atom. The van der Waals surface area contributed by atoms with Gasteiger partial charge in [-0.1, -0.05) is 6.07 Å². The molecule has 2 N–H and O–H groups in total. The highest BCUT2D eigenvalue weighted by Gasteiger charge is 2.23. The van der Waals surface area contributed by atoms with E-state index < -0.39 is 5.97 Å². The molecule has 0 spiro atoms. The molecule has 0 saturated carbocycles. The maximum Gasteiger partial charge on any atom is 0.317 e. The molecule has 1 aromatic heterocycles. The highest BCUT2D eigenvalue weighted by Crippen LogP contribution is 2.11. The maximum absolute atomic E-state index is 12.2. The highest BCUT2D eigenvalue weighted by molar-refractivity contribution is 5.75. The molecule has 0 aromatic carbocycles. The van der Waals surface area contributed by atoms with Crippen LogP contribution in [0.2, 0.25) is 0 Å². The number of pyridine rings is 1. The molecule has 1 saturated heterocycles. The van der Waals surface area contributed by atoms with Gasteiger partial charge < -0.3 is 15.3 Å². The van der Waals surface area contributed by atoms with E-state index in [1.807, 2.05) is 24.0 Å². The molecule has 114 valence electrons. The molecule has 0 bridgehead atoms. The lowest BCUT2D eigenvalue weighted by Crippen LogP contribution is -2.52. The van der Waals surface area contributed by atoms with Gasteiger partial charge >= 0.3 is 12.0 Å². The van der Waals surface area contributed by atoms with E-state index in [4.69, 9.17) is 5.11 Å². The fourth-order valence-corrected chi connectivity index (χ4v) is 2.29. The number of rotatable bonds is 4. The molecule has 1 aromatic rings. The van der Waals surface area contributed by atoms with Crippen molar-refractivity contribution in [2.24, 2.45) is 0 Å². The monoisotopic (exact) mass is 292 g/mol. The van der Waals surface area contributed by atoms with Crippen molar-refractivity contribution in [2.45, 2.75) is 13.0 Å². The van der Waals surface area contributed by atoms with Crippen LogP contribution in [0.1, 0.15) is 18.5 Å². The van der Waals surface area contributed by atoms with E-state index in [1.165, 1.54) is 0 Å². The average Bonchev–Trinajstić information content (AvgIpc) is 2.48. The number of hydrogen-bond donors (Lipinski definition) is 2. The Morgan fingerprint density at radius 2 is 2.10 bits per heavy atom. The number of amides is 2. The SMILES string of the molecule is CC(NC(=O)N1CCN(CC(=O)O)CC1)c1cccnc1. The summed E-state index contributed by atoms with van der Waals surface area (Å²) >= 11 is 0. The molecule has 1 unspecified atom stereocenters. The summed E-state index contributed by atoms with van der Waals surface area (Å²) in [6.45, 7) is 4.19. The van der Waals surface area contributed by atoms with Crippen molar-refractivity contribution in [2.75, 3.05) is 32.7 Å². The summed E-state index contributed by atoms with van der Waals surface area (Å²) in [5.74, 6) is -0.835. The summed E-state index contributed by atoms with van der Waals surface area (Å²) < 4.78 is 0. The number of aromatic nitrogens is 1. The lowest BCUT2D eigenvalue weighted by Gasteiger charge is -2.34. The predicted octanol–water partition coefficient (Wildman–Crippen LogP) is 0.554. The Morgan fingerprint density at radius 3 is 2.67 bits per heavy atom. The molecule has 1 atom stereocenters. The highest BCUT2D eigenvalue weighted by atomic mass is 16.4. The van der Waals surface area contributed by atoms with Crippen LogP contribution >= 0.6 is 0 Å². The van der Waals surface area contributed by atoms with Gasteiger partial charge in [-0.3, -0.25) is 14.7 Å². The van der Waals surface area contributed by atoms with Crippen LogP contribution in [0, 0.1) is 0 Å². The second-order valence-electron chi connectivity index (χ2n) is 5.11. The lowest BCUT2D eigenvalue weighted by atomic mass is 10.1. The van der Waals surface area contributed by atoms with Crippen molar-refractivity contribution >= 4 is 12.0 Å². The molecule has 1 fully saturated rings. The number of carboxylic acid groups (broad SMARTS) is 1. The first-order valence-electron chi connectivity index (χ1n) is 6.96. The molecule has 1 aliphatic heterocycles. The lowest BCUT2D eigenvalue weighted by molar-refractivity contribution is -0.138. The summed E-state index contributed by atoms with van der Waals surface area (Å²) in [5.41, 5.74) is 0.954. The minimum Gasteiger partial charge on any atom is -0.480 e. The second-order valence-corrected chi connectivity index (χ2v) is 5.11. The van der Waals surface area contributed by atoms with Crippen LogP contribution in [-0.2, 0) is 4.79 Å². The number of carbonyl (C=O) groups is 2. The van der Waals surface area contributed by atoms with Crippen LogP contribution < -0.4 is 5.32 Å². The van der Waals surface area contributed by atoms with Gasteiger partial charge in [-0.15, -0.1) is 0 Å². The number of nitrogens with one attached hydrogen (secondary N) is 1. The molecule has 0 radical (unpaired) electrons. The topological polar surface area (TPSA) is 85.8 Å². The quantitative estimate of drug-likeness (QED) is 0.846. The van der Waals surface area contributed by atoms with E-state index >= 15 is 0 Å². The smallest absolute Gasteiger partial charge is 0.317 e. The first kappa shape index (κ1) is 15.2. The largest absolute Gasteiger partial charge is 0.480 e. The van der Waals surface area contributed by atoms with Gasteiger partial charge in [0.1, 0.15) is 0 Å². The number of nitrogens with zero attached hydrogens (tertiary/aromatic N) is 3. The van der Waals surface area contributed by atoms with Crippen molar-refractivity contribution in [1.82, 2.24) is 20.1 Å². The normalized spacial score (nSPS) is 17.3. The third-order valence-electron chi connectivity index (χ3n) is 3.54. The summed E-state index contributed by atoms with van der Waals surface area (Å²) in [4.78, 5) is 30.4. The number of aliphatic carboxylic acids is 1. The van der Waals surface area contributed by atoms with Gasteiger partial charge in [0.05, 0.1) is 12.6 Å². The molecule has 21 heavy (non-hydrogen) atoms. The molecule has 7 nitrogen and oxygen atoms in total. The van der Waals surface area contributed by atoms with Gasteiger partial charge in [-0.2, -0.15) is 0 Å². The maximum atomic E-state index is 12.2. The fraction of sp³-hybridized carbons (Fsp3) is 0.500. The standard InChI is InChI=1S/C14H20N4O3/c1-11(12-3-2-4-15-9-12)16-14(21)18-7-5-17(6-8-18)10-13(19)20/h2-4,9,11H,5-8,10H2,1H3,(H,16,21)(H,19,20). The molecule has 2 heterocycles. The number of piperazine rings is 1. The number of urea groups is 1. The van der Waals surface area contributed by atoms with Gasteiger partial charge in [-0.05, 0) is 18.6 Å². The zero-order valence-electron chi connectivity index (χ0n) is 12.0. The van der Waals surface area contributed by atoms with Crippen molar-refractivity contribution in [3.8, 4) is 0 Å². The van der Waals surface area contributed by atoms with Crippen molar-refractivity contribution in [1.29, 1.82) is 0 Å². The Balaban J connectivity index is 1.81. The van der Waals surface area contributed by atoms with Gasteiger partial charge in [0, 0.05) is 38.6 Å². The molecular formula is C14H20N4O3. The third kappa shape index (κ3) is 4.42. The van der Waals surface area contributed by atoms with Crippen LogP contribution in [0.4, 0.5) is 4.79 Å². The number of hydrogen-bond acceptors (Lipinski definition) is 4. The Bertz CT molecular complexity index is 486. The second kappa shape index (κ2) is 7.03. The third-order valence-corrected chi connectivity index (χ3v) is 3.54. The summed E-state index contributed by atoms with van der Waals surface area (Å²) in [7, 11) is 0. The minimum atomic E-state index is -0.835. The van der Waals surface area contributed by atoms with Gasteiger partial charge in [0.15, 0.2) is 0 Å². The predicted molar refractivity (Wildman–Crippen MR) is 76.8 cm³/mol. The molecule has 1 aliphatic rings. The number of carbonyl (C=O) groups excluding carboxylic acids is 1. The summed E-state index contributed by atoms with van der Waals surface area (Å²) in [6, 6.07) is 3.52. The van der Waals surface area contributed by atoms with E-state index in [2.05, 4.69) is 10.3 Å². The Labute approximate surface area is 123 Å². The van der Waals surface area contributed by atoms with Crippen LogP contribution in [0.15, 0.2) is 24.5 Å². The summed E-state index contributed by atoms with van der Waals surface area (Å²) in [6.07, 6.45) is 3.43. The molecule has 0 aliphatic carbocycles. The van der Waals surface area contributed by atoms with Crippen LogP contribution in [0.5, 0.6) is 0 Å². The van der Waals surface area contributed by atoms with Crippen LogP contribution in [0.3, 0.4) is 0 Å². The van der Waals surface area contributed by atoms with Crippen LogP contribution in [0.25, 0.3) is 0 Å². The van der Waals surface area contributed by atoms with Gasteiger partial charge in [-0.25, -0.2) is 4.79 Å². The molecule has 2 rings (SSSR count). The van der Waals surface area contributed by atoms with Crippen LogP contribution in [-0.4, -0.2) is 64.6 Å². The Kier molecular flexibility index (Phi) is 5.10. The van der Waals surface area contributed by atoms with Gasteiger partial charge in [0.25, 0.3) is 0 Å². The zero-order chi connectivity index (χ0) is 15.2. The van der Waals surface area contributed by atoms with Gasteiger partial charge in [0.2, 0.25) is 0 Å². The Hall–Kier alpha value is -2.15. The van der Waals surface area contributed by atoms with Crippen molar-refractivity contribution in [3.63, 3.8) is 0 Å². The van der Waals surface area contributed by atoms with Crippen molar-refractivity contribution in [3.05, 3.63) is 30.1 Å². The molecule has 7 heteroatoms. The van der Waals surface area contributed by atoms with E-state index in [-0.39, 0.29) is 18.6 Å². The van der Waals surface area contributed by atoms with E-state index in [1.54, 1.807) is 17.3 Å². The summed E-state index contributed by atoms with van der Waals surface area (Å²) in [5, 5.41) is 11.7. The van der Waals surface area contributed by atoms with E-state index in [9.17, 15) is 9.59 Å². The zero-order valence-corrected chi connectivity index (χ0v) is 12.0. The minimum absolute atomic E-state index is 0.0293. The fourth-order valence-electron chi connectivity index (χ4n) is 2.29. The first-order valence-corrected chi connectivity index (χ1v) is 6.96. The van der Waals surface area contributed by atoms with E-state index in [0.29, 0.717) is 26.2 Å². The molecular weight excluding hydrogens is 272 g/mol. The number of carboxylic acids is 1. The molecule has 2 amide bonds. The van der Waals surface area contributed by atoms with E-state index in [0.717, 1.165) is 5.56 Å². The average molecular weight is 292 g/mol. The van der Waals surface area contributed by atoms with Crippen molar-refractivity contribution < 1.29 is 14.7 Å².